The molecule has 0 fully saturated rings. The van der Waals surface area contributed by atoms with Gasteiger partial charge in [-0.1, -0.05) is 28.1 Å². The second kappa shape index (κ2) is 6.80. The summed E-state index contributed by atoms with van der Waals surface area (Å²) in [7, 11) is 1.68. The molecular weight excluding hydrogens is 316 g/mol. The molecule has 0 N–H and O–H groups in total. The number of halogens is 1. The smallest absolute Gasteiger partial charge is 0.119 e. The molecule has 2 nitrogen and oxygen atoms in total. The SMILES string of the molecule is COc1ccc(CCOc2cc(C)c(Br)c(C)c2)cc1. The van der Waals surface area contributed by atoms with Gasteiger partial charge in [0.15, 0.2) is 0 Å². The van der Waals surface area contributed by atoms with Crippen molar-refractivity contribution in [2.45, 2.75) is 20.3 Å². The lowest BCUT2D eigenvalue weighted by molar-refractivity contribution is 0.321. The zero-order chi connectivity index (χ0) is 14.5. The number of methoxy groups -OCH3 is 1. The molecule has 0 saturated heterocycles. The molecule has 0 aromatic heterocycles. The number of rotatable bonds is 5. The van der Waals surface area contributed by atoms with E-state index >= 15 is 0 Å². The lowest BCUT2D eigenvalue weighted by atomic mass is 10.1. The van der Waals surface area contributed by atoms with Gasteiger partial charge in [-0.2, -0.15) is 0 Å². The average molecular weight is 335 g/mol. The first kappa shape index (κ1) is 14.9. The molecule has 0 aliphatic rings. The Bertz CT molecular complexity index is 553. The van der Waals surface area contributed by atoms with Gasteiger partial charge in [-0.3, -0.25) is 0 Å². The Hall–Kier alpha value is -1.48. The van der Waals surface area contributed by atoms with Crippen molar-refractivity contribution in [1.82, 2.24) is 0 Å². The van der Waals surface area contributed by atoms with Crippen LogP contribution in [0.2, 0.25) is 0 Å². The van der Waals surface area contributed by atoms with E-state index in [1.54, 1.807) is 7.11 Å². The van der Waals surface area contributed by atoms with E-state index in [2.05, 4.69) is 54.0 Å². The fourth-order valence-corrected chi connectivity index (χ4v) is 2.30. The van der Waals surface area contributed by atoms with Crippen molar-refractivity contribution in [1.29, 1.82) is 0 Å². The highest BCUT2D eigenvalue weighted by Crippen LogP contribution is 2.26. The minimum atomic E-state index is 0.673. The molecule has 2 rings (SSSR count). The van der Waals surface area contributed by atoms with Gasteiger partial charge in [-0.25, -0.2) is 0 Å². The van der Waals surface area contributed by atoms with Crippen molar-refractivity contribution in [2.24, 2.45) is 0 Å². The van der Waals surface area contributed by atoms with E-state index in [-0.39, 0.29) is 0 Å². The topological polar surface area (TPSA) is 18.5 Å². The minimum absolute atomic E-state index is 0.673. The number of aryl methyl sites for hydroxylation is 2. The van der Waals surface area contributed by atoms with Gasteiger partial charge in [-0.15, -0.1) is 0 Å². The van der Waals surface area contributed by atoms with Gasteiger partial charge in [0.25, 0.3) is 0 Å². The first-order valence-electron chi connectivity index (χ1n) is 6.62. The Morgan fingerprint density at radius 1 is 0.950 bits per heavy atom. The number of hydrogen-bond donors (Lipinski definition) is 0. The average Bonchev–Trinajstić information content (AvgIpc) is 2.45. The van der Waals surface area contributed by atoms with Crippen LogP contribution in [0.25, 0.3) is 0 Å². The van der Waals surface area contributed by atoms with Gasteiger partial charge in [0.2, 0.25) is 0 Å². The third kappa shape index (κ3) is 3.76. The third-order valence-corrected chi connectivity index (χ3v) is 4.48. The third-order valence-electron chi connectivity index (χ3n) is 3.23. The summed E-state index contributed by atoms with van der Waals surface area (Å²) < 4.78 is 12.1. The molecule has 106 valence electrons. The molecule has 0 heterocycles. The minimum Gasteiger partial charge on any atom is -0.497 e. The van der Waals surface area contributed by atoms with Crippen LogP contribution >= 0.6 is 15.9 Å². The molecule has 0 amide bonds. The Kier molecular flexibility index (Phi) is 5.07. The molecule has 0 saturated carbocycles. The first-order valence-corrected chi connectivity index (χ1v) is 7.42. The Morgan fingerprint density at radius 2 is 1.55 bits per heavy atom. The lowest BCUT2D eigenvalue weighted by Gasteiger charge is -2.10. The van der Waals surface area contributed by atoms with Gasteiger partial charge >= 0.3 is 0 Å². The summed E-state index contributed by atoms with van der Waals surface area (Å²) in [6.45, 7) is 4.83. The maximum Gasteiger partial charge on any atom is 0.119 e. The molecule has 0 radical (unpaired) electrons. The number of hydrogen-bond acceptors (Lipinski definition) is 2. The molecule has 0 spiro atoms. The predicted octanol–water partition coefficient (Wildman–Crippen LogP) is 4.70. The van der Waals surface area contributed by atoms with Crippen molar-refractivity contribution < 1.29 is 9.47 Å². The molecular formula is C17H19BrO2. The van der Waals surface area contributed by atoms with E-state index in [1.807, 2.05) is 12.1 Å². The lowest BCUT2D eigenvalue weighted by Crippen LogP contribution is -2.02. The Labute approximate surface area is 128 Å². The van der Waals surface area contributed by atoms with Crippen molar-refractivity contribution in [3.8, 4) is 11.5 Å². The second-order valence-corrected chi connectivity index (χ2v) is 5.61. The highest BCUT2D eigenvalue weighted by molar-refractivity contribution is 9.10. The summed E-state index contributed by atoms with van der Waals surface area (Å²) >= 11 is 3.56. The fourth-order valence-electron chi connectivity index (χ4n) is 2.07. The zero-order valence-corrected chi connectivity index (χ0v) is 13.7. The molecule has 0 aliphatic carbocycles. The first-order chi connectivity index (χ1) is 9.60. The van der Waals surface area contributed by atoms with Crippen LogP contribution in [0.3, 0.4) is 0 Å². The molecule has 3 heteroatoms. The highest BCUT2D eigenvalue weighted by Gasteiger charge is 2.03. The summed E-state index contributed by atoms with van der Waals surface area (Å²) in [5.74, 6) is 1.81. The summed E-state index contributed by atoms with van der Waals surface area (Å²) in [5, 5.41) is 0. The van der Waals surface area contributed by atoms with Crippen molar-refractivity contribution in [3.63, 3.8) is 0 Å². The van der Waals surface area contributed by atoms with E-state index in [1.165, 1.54) is 16.7 Å². The van der Waals surface area contributed by atoms with Crippen LogP contribution in [0, 0.1) is 13.8 Å². The van der Waals surface area contributed by atoms with Crippen molar-refractivity contribution >= 4 is 15.9 Å². The van der Waals surface area contributed by atoms with Crippen LogP contribution in [0.5, 0.6) is 11.5 Å². The summed E-state index contributed by atoms with van der Waals surface area (Å²) in [6.07, 6.45) is 0.887. The van der Waals surface area contributed by atoms with E-state index in [0.29, 0.717) is 6.61 Å². The molecule has 0 unspecified atom stereocenters. The Balaban J connectivity index is 1.92. The highest BCUT2D eigenvalue weighted by atomic mass is 79.9. The molecule has 0 aliphatic heterocycles. The normalized spacial score (nSPS) is 10.4. The zero-order valence-electron chi connectivity index (χ0n) is 12.1. The number of benzene rings is 2. The standard InChI is InChI=1S/C17H19BrO2/c1-12-10-16(11-13(2)17(12)18)20-9-8-14-4-6-15(19-3)7-5-14/h4-7,10-11H,8-9H2,1-3H3. The summed E-state index contributed by atoms with van der Waals surface area (Å²) in [4.78, 5) is 0. The largest absolute Gasteiger partial charge is 0.497 e. The van der Waals surface area contributed by atoms with Crippen LogP contribution in [0.4, 0.5) is 0 Å². The van der Waals surface area contributed by atoms with Gasteiger partial charge in [0, 0.05) is 10.9 Å². The maximum atomic E-state index is 5.83. The molecule has 2 aromatic rings. The molecule has 0 atom stereocenters. The van der Waals surface area contributed by atoms with Gasteiger partial charge < -0.3 is 9.47 Å². The van der Waals surface area contributed by atoms with Crippen LogP contribution in [0.1, 0.15) is 16.7 Å². The van der Waals surface area contributed by atoms with E-state index in [9.17, 15) is 0 Å². The van der Waals surface area contributed by atoms with Crippen LogP contribution in [-0.4, -0.2) is 13.7 Å². The predicted molar refractivity (Wildman–Crippen MR) is 85.8 cm³/mol. The van der Waals surface area contributed by atoms with Crippen LogP contribution < -0.4 is 9.47 Å². The monoisotopic (exact) mass is 334 g/mol. The van der Waals surface area contributed by atoms with Gasteiger partial charge in [-0.05, 0) is 54.8 Å². The molecule has 2 aromatic carbocycles. The van der Waals surface area contributed by atoms with Gasteiger partial charge in [0.1, 0.15) is 11.5 Å². The fraction of sp³-hybridized carbons (Fsp3) is 0.294. The summed E-state index contributed by atoms with van der Waals surface area (Å²) in [6, 6.07) is 12.2. The van der Waals surface area contributed by atoms with E-state index in [4.69, 9.17) is 9.47 Å². The van der Waals surface area contributed by atoms with E-state index < -0.39 is 0 Å². The van der Waals surface area contributed by atoms with Gasteiger partial charge in [0.05, 0.1) is 13.7 Å². The van der Waals surface area contributed by atoms with Crippen molar-refractivity contribution in [3.05, 3.63) is 57.6 Å². The van der Waals surface area contributed by atoms with Crippen LogP contribution in [-0.2, 0) is 6.42 Å². The quantitative estimate of drug-likeness (QED) is 0.789. The Morgan fingerprint density at radius 3 is 2.10 bits per heavy atom. The number of ether oxygens (including phenoxy) is 2. The molecule has 20 heavy (non-hydrogen) atoms. The molecule has 0 bridgehead atoms. The van der Waals surface area contributed by atoms with E-state index in [0.717, 1.165) is 22.4 Å². The second-order valence-electron chi connectivity index (χ2n) is 4.82. The summed E-state index contributed by atoms with van der Waals surface area (Å²) in [5.41, 5.74) is 3.64. The van der Waals surface area contributed by atoms with Crippen molar-refractivity contribution in [2.75, 3.05) is 13.7 Å². The maximum absolute atomic E-state index is 5.83. The van der Waals surface area contributed by atoms with Crippen LogP contribution in [0.15, 0.2) is 40.9 Å².